The van der Waals surface area contributed by atoms with Crippen molar-refractivity contribution in [2.45, 2.75) is 46.1 Å². The number of phenols is 1. The van der Waals surface area contributed by atoms with E-state index in [9.17, 15) is 19.1 Å². The Kier molecular flexibility index (Phi) is 5.22. The molecule has 0 aliphatic heterocycles. The molecule has 0 spiro atoms. The Morgan fingerprint density at radius 3 is 2.45 bits per heavy atom. The molecular formula is C23H24FNO4. The van der Waals surface area contributed by atoms with Crippen molar-refractivity contribution in [1.29, 1.82) is 0 Å². The van der Waals surface area contributed by atoms with Crippen molar-refractivity contribution < 1.29 is 23.8 Å². The number of ether oxygens (including phenoxy) is 1. The summed E-state index contributed by atoms with van der Waals surface area (Å²) >= 11 is 0. The number of benzene rings is 2. The molecule has 1 unspecified atom stereocenters. The fourth-order valence-corrected chi connectivity index (χ4v) is 3.50. The number of rotatable bonds is 3. The van der Waals surface area contributed by atoms with Crippen molar-refractivity contribution >= 4 is 22.8 Å². The molecule has 0 bridgehead atoms. The van der Waals surface area contributed by atoms with Gasteiger partial charge in [0, 0.05) is 16.6 Å². The zero-order valence-corrected chi connectivity index (χ0v) is 17.1. The molecule has 29 heavy (non-hydrogen) atoms. The number of carbonyl (C=O) groups is 2. The molecule has 3 rings (SSSR count). The number of fused-ring (bicyclic) bond motifs is 1. The van der Waals surface area contributed by atoms with Gasteiger partial charge in [0.15, 0.2) is 0 Å². The average molecular weight is 397 g/mol. The number of aromatic nitrogens is 1. The molecule has 0 aliphatic rings. The SMILES string of the molecule is Cc1c(C(C)C(=O)OC(C)(C)C)c2cc(O)ccc2n1C(=O)c1cccc(F)c1. The van der Waals surface area contributed by atoms with Crippen LogP contribution in [0.25, 0.3) is 10.9 Å². The first-order valence-corrected chi connectivity index (χ1v) is 9.36. The lowest BCUT2D eigenvalue weighted by atomic mass is 9.97. The molecule has 0 fully saturated rings. The van der Waals surface area contributed by atoms with Crippen LogP contribution in [0.4, 0.5) is 4.39 Å². The first-order valence-electron chi connectivity index (χ1n) is 9.36. The van der Waals surface area contributed by atoms with Gasteiger partial charge in [-0.25, -0.2) is 4.39 Å². The number of aromatic hydroxyl groups is 1. The number of halogens is 1. The molecule has 6 heteroatoms. The third-order valence-electron chi connectivity index (χ3n) is 4.70. The first kappa shape index (κ1) is 20.6. The van der Waals surface area contributed by atoms with Crippen molar-refractivity contribution in [3.63, 3.8) is 0 Å². The second-order valence-electron chi connectivity index (χ2n) is 8.11. The largest absolute Gasteiger partial charge is 0.508 e. The normalized spacial score (nSPS) is 12.8. The molecule has 2 aromatic carbocycles. The maximum Gasteiger partial charge on any atom is 0.313 e. The molecule has 1 heterocycles. The smallest absolute Gasteiger partial charge is 0.313 e. The molecule has 0 radical (unpaired) electrons. The van der Waals surface area contributed by atoms with Crippen molar-refractivity contribution in [2.75, 3.05) is 0 Å². The van der Waals surface area contributed by atoms with Crippen molar-refractivity contribution in [1.82, 2.24) is 4.57 Å². The van der Waals surface area contributed by atoms with Gasteiger partial charge < -0.3 is 9.84 Å². The van der Waals surface area contributed by atoms with Gasteiger partial charge in [0.05, 0.1) is 11.4 Å². The number of nitrogens with zero attached hydrogens (tertiary/aromatic N) is 1. The highest BCUT2D eigenvalue weighted by Crippen LogP contribution is 2.35. The van der Waals surface area contributed by atoms with Crippen molar-refractivity contribution in [3.8, 4) is 5.75 Å². The molecule has 1 aromatic heterocycles. The standard InChI is InChI=1S/C23H24FNO4/c1-13(22(28)29-23(3,4)5)20-14(2)25(19-10-9-17(26)12-18(19)20)21(27)15-7-6-8-16(24)11-15/h6-13,26H,1-5H3. The Labute approximate surface area is 168 Å². The molecule has 1 atom stereocenters. The lowest BCUT2D eigenvalue weighted by Crippen LogP contribution is -2.27. The van der Waals surface area contributed by atoms with Crippen LogP contribution in [-0.2, 0) is 9.53 Å². The maximum atomic E-state index is 13.7. The van der Waals surface area contributed by atoms with E-state index in [0.29, 0.717) is 22.2 Å². The number of esters is 1. The van der Waals surface area contributed by atoms with E-state index in [1.807, 2.05) is 0 Å². The van der Waals surface area contributed by atoms with Crippen molar-refractivity contribution in [3.05, 3.63) is 65.1 Å². The molecule has 1 N–H and O–H groups in total. The first-order chi connectivity index (χ1) is 13.5. The van der Waals surface area contributed by atoms with E-state index < -0.39 is 29.2 Å². The highest BCUT2D eigenvalue weighted by atomic mass is 19.1. The minimum Gasteiger partial charge on any atom is -0.508 e. The van der Waals surface area contributed by atoms with Gasteiger partial charge in [0.2, 0.25) is 0 Å². The lowest BCUT2D eigenvalue weighted by molar-refractivity contribution is -0.156. The zero-order chi connectivity index (χ0) is 21.5. The van der Waals surface area contributed by atoms with E-state index in [1.165, 1.54) is 41.0 Å². The fourth-order valence-electron chi connectivity index (χ4n) is 3.50. The van der Waals surface area contributed by atoms with Gasteiger partial charge >= 0.3 is 5.97 Å². The van der Waals surface area contributed by atoms with Gasteiger partial charge in [-0.3, -0.25) is 14.2 Å². The number of carbonyl (C=O) groups excluding carboxylic acids is 2. The molecule has 3 aromatic rings. The van der Waals surface area contributed by atoms with Crippen LogP contribution >= 0.6 is 0 Å². The second-order valence-corrected chi connectivity index (χ2v) is 8.11. The second kappa shape index (κ2) is 7.35. The van der Waals surface area contributed by atoms with Crippen LogP contribution in [0.1, 0.15) is 55.2 Å². The molecule has 0 amide bonds. The Bertz CT molecular complexity index is 1110. The van der Waals surface area contributed by atoms with Gasteiger partial charge in [-0.1, -0.05) is 6.07 Å². The van der Waals surface area contributed by atoms with E-state index in [0.717, 1.165) is 0 Å². The maximum absolute atomic E-state index is 13.7. The predicted octanol–water partition coefficient (Wildman–Crippen LogP) is 4.93. The number of phenolic OH excluding ortho intramolecular Hbond substituents is 1. The van der Waals surface area contributed by atoms with Crippen LogP contribution < -0.4 is 0 Å². The summed E-state index contributed by atoms with van der Waals surface area (Å²) < 4.78 is 20.6. The minimum absolute atomic E-state index is 0.0190. The summed E-state index contributed by atoms with van der Waals surface area (Å²) in [5.41, 5.74) is 1.19. The molecular weight excluding hydrogens is 373 g/mol. The average Bonchev–Trinajstić information content (AvgIpc) is 2.90. The monoisotopic (exact) mass is 397 g/mol. The quantitative estimate of drug-likeness (QED) is 0.637. The van der Waals surface area contributed by atoms with Gasteiger partial charge in [-0.2, -0.15) is 0 Å². The Balaban J connectivity index is 2.19. The third-order valence-corrected chi connectivity index (χ3v) is 4.70. The predicted molar refractivity (Wildman–Crippen MR) is 109 cm³/mol. The topological polar surface area (TPSA) is 68.5 Å². The minimum atomic E-state index is -0.667. The summed E-state index contributed by atoms with van der Waals surface area (Å²) in [5, 5.41) is 10.6. The van der Waals surface area contributed by atoms with Gasteiger partial charge in [0.25, 0.3) is 5.91 Å². The van der Waals surface area contributed by atoms with Gasteiger partial charge in [-0.05, 0) is 76.6 Å². The number of hydrogen-bond acceptors (Lipinski definition) is 4. The summed E-state index contributed by atoms with van der Waals surface area (Å²) in [6.45, 7) is 8.79. The van der Waals surface area contributed by atoms with Crippen LogP contribution in [0.5, 0.6) is 5.75 Å². The van der Waals surface area contributed by atoms with Crippen LogP contribution in [0, 0.1) is 12.7 Å². The van der Waals surface area contributed by atoms with E-state index in [-0.39, 0.29) is 11.3 Å². The highest BCUT2D eigenvalue weighted by molar-refractivity contribution is 6.05. The van der Waals surface area contributed by atoms with E-state index >= 15 is 0 Å². The Hall–Kier alpha value is -3.15. The van der Waals surface area contributed by atoms with Crippen LogP contribution in [0.15, 0.2) is 42.5 Å². The molecule has 0 saturated carbocycles. The van der Waals surface area contributed by atoms with E-state index in [1.54, 1.807) is 40.7 Å². The summed E-state index contributed by atoms with van der Waals surface area (Å²) in [4.78, 5) is 25.9. The Morgan fingerprint density at radius 2 is 1.83 bits per heavy atom. The molecule has 152 valence electrons. The summed E-state index contributed by atoms with van der Waals surface area (Å²) in [5.74, 6) is -2.00. The third kappa shape index (κ3) is 4.01. The fraction of sp³-hybridized carbons (Fsp3) is 0.304. The molecule has 5 nitrogen and oxygen atoms in total. The lowest BCUT2D eigenvalue weighted by Gasteiger charge is -2.22. The summed E-state index contributed by atoms with van der Waals surface area (Å²) in [7, 11) is 0. The Morgan fingerprint density at radius 1 is 1.14 bits per heavy atom. The van der Waals surface area contributed by atoms with Gasteiger partial charge in [-0.15, -0.1) is 0 Å². The zero-order valence-electron chi connectivity index (χ0n) is 17.1. The highest BCUT2D eigenvalue weighted by Gasteiger charge is 2.29. The number of hydrogen-bond donors (Lipinski definition) is 1. The summed E-state index contributed by atoms with van der Waals surface area (Å²) in [6, 6.07) is 10.1. The van der Waals surface area contributed by atoms with Crippen LogP contribution in [0.2, 0.25) is 0 Å². The molecule has 0 aliphatic carbocycles. The van der Waals surface area contributed by atoms with Crippen molar-refractivity contribution in [2.24, 2.45) is 0 Å². The summed E-state index contributed by atoms with van der Waals surface area (Å²) in [6.07, 6.45) is 0. The van der Waals surface area contributed by atoms with E-state index in [2.05, 4.69) is 0 Å². The van der Waals surface area contributed by atoms with Crippen LogP contribution in [-0.4, -0.2) is 27.2 Å². The van der Waals surface area contributed by atoms with Gasteiger partial charge in [0.1, 0.15) is 17.2 Å². The van der Waals surface area contributed by atoms with Crippen LogP contribution in [0.3, 0.4) is 0 Å². The van der Waals surface area contributed by atoms with E-state index in [4.69, 9.17) is 4.74 Å². The molecule has 0 saturated heterocycles.